The SMILES string of the molecule is C=COC(=O)c1ccccc1C1CCCO1. The molecule has 1 unspecified atom stereocenters. The highest BCUT2D eigenvalue weighted by molar-refractivity contribution is 5.91. The zero-order valence-corrected chi connectivity index (χ0v) is 9.02. The summed E-state index contributed by atoms with van der Waals surface area (Å²) in [4.78, 5) is 11.7. The van der Waals surface area contributed by atoms with E-state index in [-0.39, 0.29) is 12.1 Å². The van der Waals surface area contributed by atoms with Crippen molar-refractivity contribution >= 4 is 5.97 Å². The second kappa shape index (κ2) is 4.94. The average Bonchev–Trinajstić information content (AvgIpc) is 2.83. The van der Waals surface area contributed by atoms with Crippen LogP contribution in [0.5, 0.6) is 0 Å². The van der Waals surface area contributed by atoms with E-state index in [1.54, 1.807) is 6.07 Å². The summed E-state index contributed by atoms with van der Waals surface area (Å²) < 4.78 is 10.4. The van der Waals surface area contributed by atoms with Gasteiger partial charge in [0.2, 0.25) is 0 Å². The van der Waals surface area contributed by atoms with Gasteiger partial charge in [0.1, 0.15) is 0 Å². The number of hydrogen-bond donors (Lipinski definition) is 0. The van der Waals surface area contributed by atoms with Crippen LogP contribution >= 0.6 is 0 Å². The van der Waals surface area contributed by atoms with E-state index in [0.717, 1.165) is 31.3 Å². The average molecular weight is 218 g/mol. The maximum atomic E-state index is 11.7. The van der Waals surface area contributed by atoms with Crippen LogP contribution in [0.4, 0.5) is 0 Å². The quantitative estimate of drug-likeness (QED) is 0.578. The van der Waals surface area contributed by atoms with Gasteiger partial charge in [-0.25, -0.2) is 4.79 Å². The van der Waals surface area contributed by atoms with Gasteiger partial charge >= 0.3 is 5.97 Å². The number of hydrogen-bond acceptors (Lipinski definition) is 3. The van der Waals surface area contributed by atoms with Gasteiger partial charge in [0.05, 0.1) is 17.9 Å². The molecule has 84 valence electrons. The first-order valence-corrected chi connectivity index (χ1v) is 5.35. The molecule has 0 radical (unpaired) electrons. The molecule has 1 fully saturated rings. The van der Waals surface area contributed by atoms with Crippen molar-refractivity contribution in [3.63, 3.8) is 0 Å². The third kappa shape index (κ3) is 2.14. The van der Waals surface area contributed by atoms with Crippen LogP contribution in [0.1, 0.15) is 34.9 Å². The number of ether oxygens (including phenoxy) is 2. The minimum absolute atomic E-state index is 0.0218. The molecule has 0 aromatic heterocycles. The molecular formula is C13H14O3. The molecule has 0 bridgehead atoms. The highest BCUT2D eigenvalue weighted by Crippen LogP contribution is 2.30. The van der Waals surface area contributed by atoms with E-state index in [1.165, 1.54) is 0 Å². The van der Waals surface area contributed by atoms with Crippen LogP contribution < -0.4 is 0 Å². The molecule has 0 N–H and O–H groups in total. The summed E-state index contributed by atoms with van der Waals surface area (Å²) >= 11 is 0. The molecule has 1 aromatic carbocycles. The van der Waals surface area contributed by atoms with Gasteiger partial charge in [-0.3, -0.25) is 0 Å². The summed E-state index contributed by atoms with van der Waals surface area (Å²) in [5.74, 6) is -0.374. The second-order valence-corrected chi connectivity index (χ2v) is 3.66. The Morgan fingerprint density at radius 2 is 2.31 bits per heavy atom. The molecule has 0 spiro atoms. The Labute approximate surface area is 94.7 Å². The molecule has 1 aromatic rings. The van der Waals surface area contributed by atoms with Gasteiger partial charge < -0.3 is 9.47 Å². The lowest BCUT2D eigenvalue weighted by molar-refractivity contribution is 0.0650. The van der Waals surface area contributed by atoms with E-state index < -0.39 is 0 Å². The summed E-state index contributed by atoms with van der Waals surface area (Å²) in [6.07, 6.45) is 3.16. The first-order valence-electron chi connectivity index (χ1n) is 5.35. The molecule has 3 nitrogen and oxygen atoms in total. The minimum Gasteiger partial charge on any atom is -0.432 e. The normalized spacial score (nSPS) is 19.4. The third-order valence-corrected chi connectivity index (χ3v) is 2.65. The van der Waals surface area contributed by atoms with E-state index in [9.17, 15) is 4.79 Å². The molecule has 1 atom stereocenters. The lowest BCUT2D eigenvalue weighted by Crippen LogP contribution is -2.08. The molecule has 1 aliphatic heterocycles. The first-order chi connectivity index (χ1) is 7.83. The van der Waals surface area contributed by atoms with E-state index in [2.05, 4.69) is 6.58 Å². The van der Waals surface area contributed by atoms with Gasteiger partial charge in [0, 0.05) is 6.61 Å². The summed E-state index contributed by atoms with van der Waals surface area (Å²) in [5.41, 5.74) is 1.47. The van der Waals surface area contributed by atoms with Crippen LogP contribution in [-0.4, -0.2) is 12.6 Å². The predicted molar refractivity (Wildman–Crippen MR) is 60.0 cm³/mol. The molecule has 1 aliphatic rings. The van der Waals surface area contributed by atoms with Gasteiger partial charge in [-0.05, 0) is 24.5 Å². The van der Waals surface area contributed by atoms with Gasteiger partial charge in [-0.15, -0.1) is 0 Å². The van der Waals surface area contributed by atoms with Crippen molar-refractivity contribution in [1.29, 1.82) is 0 Å². The van der Waals surface area contributed by atoms with Gasteiger partial charge in [0.25, 0.3) is 0 Å². The van der Waals surface area contributed by atoms with Crippen LogP contribution in [0, 0.1) is 0 Å². The molecule has 0 saturated carbocycles. The maximum Gasteiger partial charge on any atom is 0.343 e. The standard InChI is InChI=1S/C13H14O3/c1-2-15-13(14)11-7-4-3-6-10(11)12-8-5-9-16-12/h2-4,6-7,12H,1,5,8-9H2. The lowest BCUT2D eigenvalue weighted by atomic mass is 10.0. The van der Waals surface area contributed by atoms with Crippen molar-refractivity contribution in [1.82, 2.24) is 0 Å². The molecule has 16 heavy (non-hydrogen) atoms. The summed E-state index contributed by atoms with van der Waals surface area (Å²) in [6.45, 7) is 4.14. The predicted octanol–water partition coefficient (Wildman–Crippen LogP) is 2.84. The molecule has 0 amide bonds. The van der Waals surface area contributed by atoms with E-state index in [4.69, 9.17) is 9.47 Å². The summed E-state index contributed by atoms with van der Waals surface area (Å²) in [7, 11) is 0. The van der Waals surface area contributed by atoms with Crippen molar-refractivity contribution in [3.05, 3.63) is 48.2 Å². The Morgan fingerprint density at radius 1 is 1.50 bits per heavy atom. The third-order valence-electron chi connectivity index (χ3n) is 2.65. The molecule has 0 aliphatic carbocycles. The Morgan fingerprint density at radius 3 is 3.00 bits per heavy atom. The zero-order valence-electron chi connectivity index (χ0n) is 9.02. The fourth-order valence-corrected chi connectivity index (χ4v) is 1.93. The van der Waals surface area contributed by atoms with E-state index >= 15 is 0 Å². The second-order valence-electron chi connectivity index (χ2n) is 3.66. The zero-order chi connectivity index (χ0) is 11.4. The van der Waals surface area contributed by atoms with Gasteiger partial charge in [-0.1, -0.05) is 24.8 Å². The van der Waals surface area contributed by atoms with Crippen molar-refractivity contribution in [3.8, 4) is 0 Å². The van der Waals surface area contributed by atoms with Gasteiger partial charge in [0.15, 0.2) is 0 Å². The first kappa shape index (κ1) is 10.9. The maximum absolute atomic E-state index is 11.7. The molecule has 3 heteroatoms. The van der Waals surface area contributed by atoms with Crippen LogP contribution in [0.15, 0.2) is 37.1 Å². The van der Waals surface area contributed by atoms with E-state index in [1.807, 2.05) is 18.2 Å². The number of carbonyl (C=O) groups excluding carboxylic acids is 1. The van der Waals surface area contributed by atoms with Crippen LogP contribution in [-0.2, 0) is 9.47 Å². The van der Waals surface area contributed by atoms with Crippen LogP contribution in [0.25, 0.3) is 0 Å². The largest absolute Gasteiger partial charge is 0.432 e. The monoisotopic (exact) mass is 218 g/mol. The fourth-order valence-electron chi connectivity index (χ4n) is 1.93. The Hall–Kier alpha value is -1.61. The molecule has 1 saturated heterocycles. The van der Waals surface area contributed by atoms with Crippen LogP contribution in [0.2, 0.25) is 0 Å². The molecule has 1 heterocycles. The summed E-state index contributed by atoms with van der Waals surface area (Å²) in [6, 6.07) is 7.39. The van der Waals surface area contributed by atoms with Crippen molar-refractivity contribution in [2.24, 2.45) is 0 Å². The Bertz CT molecular complexity index is 392. The number of benzene rings is 1. The number of carbonyl (C=O) groups is 1. The van der Waals surface area contributed by atoms with Crippen molar-refractivity contribution in [2.75, 3.05) is 6.61 Å². The molecule has 2 rings (SSSR count). The van der Waals surface area contributed by atoms with E-state index in [0.29, 0.717) is 5.56 Å². The smallest absolute Gasteiger partial charge is 0.343 e. The molecular weight excluding hydrogens is 204 g/mol. The lowest BCUT2D eigenvalue weighted by Gasteiger charge is -2.13. The Kier molecular flexibility index (Phi) is 3.37. The number of rotatable bonds is 3. The minimum atomic E-state index is -0.374. The topological polar surface area (TPSA) is 35.5 Å². The fraction of sp³-hybridized carbons (Fsp3) is 0.308. The highest BCUT2D eigenvalue weighted by Gasteiger charge is 2.23. The highest BCUT2D eigenvalue weighted by atomic mass is 16.5. The number of esters is 1. The Balaban J connectivity index is 2.29. The van der Waals surface area contributed by atoms with Crippen molar-refractivity contribution in [2.45, 2.75) is 18.9 Å². The summed E-state index contributed by atoms with van der Waals surface area (Å²) in [5, 5.41) is 0. The van der Waals surface area contributed by atoms with Gasteiger partial charge in [-0.2, -0.15) is 0 Å². The van der Waals surface area contributed by atoms with Crippen LogP contribution in [0.3, 0.4) is 0 Å². The van der Waals surface area contributed by atoms with Crippen molar-refractivity contribution < 1.29 is 14.3 Å².